The van der Waals surface area contributed by atoms with Crippen LogP contribution in [0.5, 0.6) is 0 Å². The fourth-order valence-electron chi connectivity index (χ4n) is 1.21. The number of rotatable bonds is 7. The molecule has 0 aliphatic rings. The number of carboxylic acids is 1. The number of carbonyl (C=O) groups is 1. The zero-order valence-electron chi connectivity index (χ0n) is 9.01. The van der Waals surface area contributed by atoms with Crippen LogP contribution in [0, 0.1) is 0 Å². The van der Waals surface area contributed by atoms with Crippen LogP contribution in [0.25, 0.3) is 0 Å². The number of unbranched alkanes of at least 4 members (excludes halogenated alkanes) is 3. The van der Waals surface area contributed by atoms with Crippen molar-refractivity contribution in [3.8, 4) is 0 Å². The summed E-state index contributed by atoms with van der Waals surface area (Å²) in [4.78, 5) is 10.1. The van der Waals surface area contributed by atoms with Crippen LogP contribution in [0.3, 0.4) is 0 Å². The van der Waals surface area contributed by atoms with Gasteiger partial charge in [-0.3, -0.25) is 0 Å². The molecule has 0 spiro atoms. The van der Waals surface area contributed by atoms with Crippen LogP contribution in [0.1, 0.15) is 32.1 Å². The number of aliphatic carboxylic acids is 1. The molecule has 0 amide bonds. The number of carboxylic acid groups (broad SMARTS) is 1. The van der Waals surface area contributed by atoms with Gasteiger partial charge in [0.2, 0.25) is 0 Å². The molecule has 0 radical (unpaired) electrons. The maximum atomic E-state index is 10.1. The van der Waals surface area contributed by atoms with E-state index in [1.807, 2.05) is 0 Å². The lowest BCUT2D eigenvalue weighted by Gasteiger charge is -2.23. The molecule has 13 heavy (non-hydrogen) atoms. The highest BCUT2D eigenvalue weighted by Crippen LogP contribution is 2.04. The molecule has 0 heterocycles. The molecule has 0 fully saturated rings. The summed E-state index contributed by atoms with van der Waals surface area (Å²) in [7, 11) is 6.50. The smallest absolute Gasteiger partial charge is 0.0780 e. The van der Waals surface area contributed by atoms with Gasteiger partial charge in [-0.1, -0.05) is 6.42 Å². The highest BCUT2D eigenvalue weighted by Gasteiger charge is 2.04. The molecule has 0 aromatic rings. The summed E-state index contributed by atoms with van der Waals surface area (Å²) in [6.45, 7) is 1.16. The summed E-state index contributed by atoms with van der Waals surface area (Å²) in [5, 5.41) is 10.1. The van der Waals surface area contributed by atoms with Gasteiger partial charge in [0.15, 0.2) is 0 Å². The molecular formula is C10H21NO2. The average Bonchev–Trinajstić information content (AvgIpc) is 1.93. The average molecular weight is 187 g/mol. The minimum atomic E-state index is -0.924. The molecule has 3 nitrogen and oxygen atoms in total. The molecule has 0 N–H and O–H groups in total. The minimum Gasteiger partial charge on any atom is -0.550 e. The fourth-order valence-corrected chi connectivity index (χ4v) is 1.21. The van der Waals surface area contributed by atoms with Gasteiger partial charge in [-0.2, -0.15) is 0 Å². The van der Waals surface area contributed by atoms with Gasteiger partial charge in [-0.15, -0.1) is 0 Å². The van der Waals surface area contributed by atoms with Crippen molar-refractivity contribution in [2.24, 2.45) is 0 Å². The van der Waals surface area contributed by atoms with Crippen molar-refractivity contribution in [3.05, 3.63) is 0 Å². The standard InChI is InChI=1S/C10H21NO2/c1-11(2,3)9-7-5-4-6-8-10(12)13/h4-9H2,1-3H3. The zero-order valence-corrected chi connectivity index (χ0v) is 9.01. The van der Waals surface area contributed by atoms with Crippen molar-refractivity contribution < 1.29 is 14.4 Å². The Morgan fingerprint density at radius 1 is 1.08 bits per heavy atom. The summed E-state index contributed by atoms with van der Waals surface area (Å²) in [5.41, 5.74) is 0. The second-order valence-electron chi connectivity index (χ2n) is 4.55. The second kappa shape index (κ2) is 5.97. The van der Waals surface area contributed by atoms with Gasteiger partial charge in [0, 0.05) is 5.97 Å². The van der Waals surface area contributed by atoms with Crippen LogP contribution < -0.4 is 5.11 Å². The van der Waals surface area contributed by atoms with Crippen molar-refractivity contribution in [1.82, 2.24) is 0 Å². The Kier molecular flexibility index (Phi) is 5.71. The van der Waals surface area contributed by atoms with E-state index in [1.54, 1.807) is 0 Å². The molecule has 0 bridgehead atoms. The molecule has 0 aliphatic carbocycles. The monoisotopic (exact) mass is 187 g/mol. The lowest BCUT2D eigenvalue weighted by molar-refractivity contribution is -0.870. The van der Waals surface area contributed by atoms with Gasteiger partial charge in [0.05, 0.1) is 27.7 Å². The van der Waals surface area contributed by atoms with Crippen LogP contribution in [-0.4, -0.2) is 38.1 Å². The molecular weight excluding hydrogens is 166 g/mol. The predicted octanol–water partition coefficient (Wildman–Crippen LogP) is 0.393. The molecule has 3 heteroatoms. The van der Waals surface area contributed by atoms with E-state index in [1.165, 1.54) is 6.42 Å². The zero-order chi connectivity index (χ0) is 10.3. The lowest BCUT2D eigenvalue weighted by atomic mass is 10.1. The number of hydrogen-bond donors (Lipinski definition) is 0. The molecule has 0 aromatic carbocycles. The van der Waals surface area contributed by atoms with E-state index in [9.17, 15) is 9.90 Å². The van der Waals surface area contributed by atoms with Crippen molar-refractivity contribution in [2.45, 2.75) is 32.1 Å². The Hall–Kier alpha value is -0.570. The van der Waals surface area contributed by atoms with E-state index in [4.69, 9.17) is 0 Å². The first-order chi connectivity index (χ1) is 5.92. The SMILES string of the molecule is C[N+](C)(C)CCCCCCC(=O)[O-]. The van der Waals surface area contributed by atoms with Crippen LogP contribution >= 0.6 is 0 Å². The Balaban J connectivity index is 3.13. The first-order valence-corrected chi connectivity index (χ1v) is 4.92. The van der Waals surface area contributed by atoms with E-state index >= 15 is 0 Å². The third-order valence-electron chi connectivity index (χ3n) is 1.96. The molecule has 0 saturated carbocycles. The molecule has 0 unspecified atom stereocenters. The van der Waals surface area contributed by atoms with Gasteiger partial charge in [0.1, 0.15) is 0 Å². The molecule has 0 saturated heterocycles. The summed E-state index contributed by atoms with van der Waals surface area (Å²) in [5.74, 6) is -0.924. The van der Waals surface area contributed by atoms with Crippen LogP contribution in [0.4, 0.5) is 0 Å². The van der Waals surface area contributed by atoms with E-state index in [0.29, 0.717) is 0 Å². The van der Waals surface area contributed by atoms with Gasteiger partial charge in [-0.05, 0) is 25.7 Å². The van der Waals surface area contributed by atoms with Gasteiger partial charge in [0.25, 0.3) is 0 Å². The maximum absolute atomic E-state index is 10.1. The summed E-state index contributed by atoms with van der Waals surface area (Å²) in [6.07, 6.45) is 4.29. The van der Waals surface area contributed by atoms with E-state index in [-0.39, 0.29) is 6.42 Å². The molecule has 0 atom stereocenters. The van der Waals surface area contributed by atoms with Crippen molar-refractivity contribution in [2.75, 3.05) is 27.7 Å². The molecule has 0 aliphatic heterocycles. The number of carbonyl (C=O) groups excluding carboxylic acids is 1. The van der Waals surface area contributed by atoms with Gasteiger partial charge in [-0.25, -0.2) is 0 Å². The summed E-state index contributed by atoms with van der Waals surface area (Å²) < 4.78 is 0.987. The summed E-state index contributed by atoms with van der Waals surface area (Å²) in [6, 6.07) is 0. The molecule has 78 valence electrons. The normalized spacial score (nSPS) is 11.6. The quantitative estimate of drug-likeness (QED) is 0.427. The third kappa shape index (κ3) is 11.4. The van der Waals surface area contributed by atoms with E-state index < -0.39 is 5.97 Å². The minimum absolute atomic E-state index is 0.213. The summed E-state index contributed by atoms with van der Waals surface area (Å²) >= 11 is 0. The van der Waals surface area contributed by atoms with E-state index in [2.05, 4.69) is 21.1 Å². The van der Waals surface area contributed by atoms with Crippen molar-refractivity contribution in [1.29, 1.82) is 0 Å². The van der Waals surface area contributed by atoms with Crippen molar-refractivity contribution >= 4 is 5.97 Å². The predicted molar refractivity (Wildman–Crippen MR) is 51.0 cm³/mol. The van der Waals surface area contributed by atoms with Gasteiger partial charge < -0.3 is 14.4 Å². The number of nitrogens with zero attached hydrogens (tertiary/aromatic N) is 1. The van der Waals surface area contributed by atoms with Gasteiger partial charge >= 0.3 is 0 Å². The first-order valence-electron chi connectivity index (χ1n) is 4.92. The topological polar surface area (TPSA) is 40.1 Å². The van der Waals surface area contributed by atoms with E-state index in [0.717, 1.165) is 30.3 Å². The number of hydrogen-bond acceptors (Lipinski definition) is 2. The van der Waals surface area contributed by atoms with Crippen LogP contribution in [0.2, 0.25) is 0 Å². The molecule has 0 aromatic heterocycles. The fraction of sp³-hybridized carbons (Fsp3) is 0.900. The first kappa shape index (κ1) is 12.4. The Morgan fingerprint density at radius 3 is 2.08 bits per heavy atom. The largest absolute Gasteiger partial charge is 0.550 e. The van der Waals surface area contributed by atoms with Crippen LogP contribution in [-0.2, 0) is 4.79 Å². The van der Waals surface area contributed by atoms with Crippen molar-refractivity contribution in [3.63, 3.8) is 0 Å². The molecule has 0 rings (SSSR count). The van der Waals surface area contributed by atoms with Crippen LogP contribution in [0.15, 0.2) is 0 Å². The second-order valence-corrected chi connectivity index (χ2v) is 4.55. The Morgan fingerprint density at radius 2 is 1.62 bits per heavy atom. The third-order valence-corrected chi connectivity index (χ3v) is 1.96. The highest BCUT2D eigenvalue weighted by molar-refractivity contribution is 5.63. The Bertz CT molecular complexity index is 149. The Labute approximate surface area is 80.9 Å². The lowest BCUT2D eigenvalue weighted by Crippen LogP contribution is -2.35. The maximum Gasteiger partial charge on any atom is 0.0780 e. The highest BCUT2D eigenvalue weighted by atomic mass is 16.4. The number of quaternary nitrogens is 1.